The average Bonchev–Trinajstić information content (AvgIpc) is 2.43. The SMILES string of the molecule is C=Cc1c(C=C)c(C=C)c(C=C)c(C=C)c1C=C. The molecule has 0 aliphatic rings. The van der Waals surface area contributed by atoms with Gasteiger partial charge < -0.3 is 0 Å². The Labute approximate surface area is 110 Å². The van der Waals surface area contributed by atoms with Crippen molar-refractivity contribution in [2.75, 3.05) is 0 Å². The van der Waals surface area contributed by atoms with Crippen LogP contribution in [0.5, 0.6) is 0 Å². The van der Waals surface area contributed by atoms with Gasteiger partial charge in [0.2, 0.25) is 0 Å². The Morgan fingerprint density at radius 1 is 0.333 bits per heavy atom. The molecule has 0 saturated carbocycles. The standard InChI is InChI=1S/C18H18/c1-7-13-14(8-2)16(10-4)18(12-6)17(11-5)15(13)9-3/h7-12H,1-6H2. The van der Waals surface area contributed by atoms with Crippen molar-refractivity contribution in [3.63, 3.8) is 0 Å². The van der Waals surface area contributed by atoms with E-state index in [9.17, 15) is 0 Å². The highest BCUT2D eigenvalue weighted by Gasteiger charge is 2.14. The van der Waals surface area contributed by atoms with E-state index < -0.39 is 0 Å². The molecule has 0 aliphatic carbocycles. The Kier molecular flexibility index (Phi) is 4.45. The summed E-state index contributed by atoms with van der Waals surface area (Å²) in [5.74, 6) is 0. The molecule has 0 unspecified atom stereocenters. The zero-order valence-electron chi connectivity index (χ0n) is 10.7. The van der Waals surface area contributed by atoms with Gasteiger partial charge in [-0.05, 0) is 33.4 Å². The summed E-state index contributed by atoms with van der Waals surface area (Å²) in [7, 11) is 0. The molecule has 0 fully saturated rings. The monoisotopic (exact) mass is 234 g/mol. The minimum atomic E-state index is 0.996. The third kappa shape index (κ3) is 1.93. The number of hydrogen-bond acceptors (Lipinski definition) is 0. The second-order valence-electron chi connectivity index (χ2n) is 3.71. The Balaban J connectivity index is 4.07. The van der Waals surface area contributed by atoms with Gasteiger partial charge >= 0.3 is 0 Å². The minimum absolute atomic E-state index is 0.996. The maximum absolute atomic E-state index is 3.86. The lowest BCUT2D eigenvalue weighted by atomic mass is 9.86. The van der Waals surface area contributed by atoms with Crippen molar-refractivity contribution in [2.24, 2.45) is 0 Å². The summed E-state index contributed by atoms with van der Waals surface area (Å²) in [6, 6.07) is 0. The highest BCUT2D eigenvalue weighted by atomic mass is 14.2. The van der Waals surface area contributed by atoms with E-state index in [1.807, 2.05) is 0 Å². The number of rotatable bonds is 6. The zero-order valence-corrected chi connectivity index (χ0v) is 10.7. The maximum Gasteiger partial charge on any atom is -0.0105 e. The van der Waals surface area contributed by atoms with Crippen molar-refractivity contribution >= 4 is 36.5 Å². The molecule has 0 amide bonds. The second-order valence-corrected chi connectivity index (χ2v) is 3.71. The van der Waals surface area contributed by atoms with Gasteiger partial charge in [-0.3, -0.25) is 0 Å². The van der Waals surface area contributed by atoms with Crippen LogP contribution in [0.4, 0.5) is 0 Å². The minimum Gasteiger partial charge on any atom is -0.0984 e. The van der Waals surface area contributed by atoms with Gasteiger partial charge in [0.05, 0.1) is 0 Å². The van der Waals surface area contributed by atoms with Crippen molar-refractivity contribution in [2.45, 2.75) is 0 Å². The van der Waals surface area contributed by atoms with Crippen LogP contribution in [0.1, 0.15) is 33.4 Å². The summed E-state index contributed by atoms with van der Waals surface area (Å²) in [6.07, 6.45) is 10.8. The summed E-state index contributed by atoms with van der Waals surface area (Å²) in [5, 5.41) is 0. The Hall–Kier alpha value is -2.34. The summed E-state index contributed by atoms with van der Waals surface area (Å²) in [4.78, 5) is 0. The number of hydrogen-bond donors (Lipinski definition) is 0. The Morgan fingerprint density at radius 2 is 0.444 bits per heavy atom. The van der Waals surface area contributed by atoms with Gasteiger partial charge in [-0.15, -0.1) is 0 Å². The van der Waals surface area contributed by atoms with E-state index in [0.717, 1.165) is 33.4 Å². The van der Waals surface area contributed by atoms with Crippen LogP contribution < -0.4 is 0 Å². The van der Waals surface area contributed by atoms with Gasteiger partial charge in [-0.2, -0.15) is 0 Å². The van der Waals surface area contributed by atoms with Crippen molar-refractivity contribution in [3.8, 4) is 0 Å². The molecule has 1 rings (SSSR count). The molecule has 0 heterocycles. The molecule has 0 nitrogen and oxygen atoms in total. The van der Waals surface area contributed by atoms with E-state index in [4.69, 9.17) is 0 Å². The zero-order chi connectivity index (χ0) is 13.7. The molecule has 0 aliphatic heterocycles. The fraction of sp³-hybridized carbons (Fsp3) is 0. The quantitative estimate of drug-likeness (QED) is 0.605. The first-order chi connectivity index (χ1) is 8.69. The molecule has 1 aromatic rings. The van der Waals surface area contributed by atoms with Gasteiger partial charge in [0.15, 0.2) is 0 Å². The van der Waals surface area contributed by atoms with Crippen LogP contribution in [0, 0.1) is 0 Å². The van der Waals surface area contributed by atoms with Crippen LogP contribution >= 0.6 is 0 Å². The van der Waals surface area contributed by atoms with Gasteiger partial charge in [0, 0.05) is 0 Å². The van der Waals surface area contributed by atoms with Crippen LogP contribution in [0.15, 0.2) is 39.5 Å². The smallest absolute Gasteiger partial charge is 0.0105 e. The molecular weight excluding hydrogens is 216 g/mol. The van der Waals surface area contributed by atoms with Crippen LogP contribution in [-0.2, 0) is 0 Å². The summed E-state index contributed by atoms with van der Waals surface area (Å²) in [6.45, 7) is 23.2. The van der Waals surface area contributed by atoms with E-state index in [1.54, 1.807) is 36.5 Å². The highest BCUT2D eigenvalue weighted by Crippen LogP contribution is 2.33. The first kappa shape index (κ1) is 13.7. The lowest BCUT2D eigenvalue weighted by Crippen LogP contribution is -1.99. The largest absolute Gasteiger partial charge is 0.0984 e. The summed E-state index contributed by atoms with van der Waals surface area (Å²) < 4.78 is 0. The van der Waals surface area contributed by atoms with Crippen molar-refractivity contribution in [1.29, 1.82) is 0 Å². The molecule has 0 bridgehead atoms. The lowest BCUT2D eigenvalue weighted by molar-refractivity contribution is 1.49. The van der Waals surface area contributed by atoms with E-state index in [2.05, 4.69) is 39.5 Å². The molecule has 0 aromatic heterocycles. The molecule has 1 aromatic carbocycles. The third-order valence-corrected chi connectivity index (χ3v) is 2.97. The Bertz CT molecular complexity index is 402. The van der Waals surface area contributed by atoms with Crippen LogP contribution in [0.25, 0.3) is 36.5 Å². The van der Waals surface area contributed by atoms with Crippen LogP contribution in [0.3, 0.4) is 0 Å². The molecular formula is C18H18. The lowest BCUT2D eigenvalue weighted by Gasteiger charge is -2.18. The predicted octanol–water partition coefficient (Wildman–Crippen LogP) is 5.54. The first-order valence-electron chi connectivity index (χ1n) is 5.68. The van der Waals surface area contributed by atoms with E-state index in [0.29, 0.717) is 0 Å². The topological polar surface area (TPSA) is 0 Å². The second kappa shape index (κ2) is 5.83. The molecule has 0 heteroatoms. The molecule has 18 heavy (non-hydrogen) atoms. The summed E-state index contributed by atoms with van der Waals surface area (Å²) >= 11 is 0. The molecule has 0 saturated heterocycles. The van der Waals surface area contributed by atoms with Gasteiger partial charge in [0.25, 0.3) is 0 Å². The van der Waals surface area contributed by atoms with Gasteiger partial charge in [-0.1, -0.05) is 75.9 Å². The van der Waals surface area contributed by atoms with E-state index in [-0.39, 0.29) is 0 Å². The highest BCUT2D eigenvalue weighted by molar-refractivity contribution is 5.89. The van der Waals surface area contributed by atoms with Crippen molar-refractivity contribution in [3.05, 3.63) is 72.9 Å². The molecule has 0 N–H and O–H groups in total. The maximum atomic E-state index is 3.86. The number of benzene rings is 1. The van der Waals surface area contributed by atoms with Crippen molar-refractivity contribution in [1.82, 2.24) is 0 Å². The Morgan fingerprint density at radius 3 is 0.500 bits per heavy atom. The third-order valence-electron chi connectivity index (χ3n) is 2.97. The van der Waals surface area contributed by atoms with Crippen LogP contribution in [0.2, 0.25) is 0 Å². The normalized spacial score (nSPS) is 9.33. The van der Waals surface area contributed by atoms with Crippen LogP contribution in [-0.4, -0.2) is 0 Å². The fourth-order valence-electron chi connectivity index (χ4n) is 2.19. The molecule has 0 atom stereocenters. The summed E-state index contributed by atoms with van der Waals surface area (Å²) in [5.41, 5.74) is 5.97. The van der Waals surface area contributed by atoms with E-state index >= 15 is 0 Å². The van der Waals surface area contributed by atoms with Gasteiger partial charge in [-0.25, -0.2) is 0 Å². The fourth-order valence-corrected chi connectivity index (χ4v) is 2.19. The molecule has 90 valence electrons. The van der Waals surface area contributed by atoms with E-state index in [1.165, 1.54) is 0 Å². The van der Waals surface area contributed by atoms with Crippen molar-refractivity contribution < 1.29 is 0 Å². The first-order valence-corrected chi connectivity index (χ1v) is 5.68. The average molecular weight is 234 g/mol. The predicted molar refractivity (Wildman–Crippen MR) is 87.0 cm³/mol. The molecule has 0 radical (unpaired) electrons. The van der Waals surface area contributed by atoms with Gasteiger partial charge in [0.1, 0.15) is 0 Å². The molecule has 0 spiro atoms.